The predicted molar refractivity (Wildman–Crippen MR) is 177 cm³/mol. The van der Waals surface area contributed by atoms with E-state index < -0.39 is 59.6 Å². The molecule has 3 aromatic carbocycles. The molecule has 5 N–H and O–H groups in total. The molecular formula is C35H36N4O12. The summed E-state index contributed by atoms with van der Waals surface area (Å²) in [4.78, 5) is 99.5. The highest BCUT2D eigenvalue weighted by molar-refractivity contribution is 6.02. The highest BCUT2D eigenvalue weighted by Crippen LogP contribution is 2.33. The van der Waals surface area contributed by atoms with Crippen LogP contribution in [0.2, 0.25) is 0 Å². The predicted octanol–water partition coefficient (Wildman–Crippen LogP) is 2.04. The van der Waals surface area contributed by atoms with Crippen LogP contribution in [0.25, 0.3) is 0 Å². The van der Waals surface area contributed by atoms with Gasteiger partial charge in [0.1, 0.15) is 12.1 Å². The summed E-state index contributed by atoms with van der Waals surface area (Å²) in [5.74, 6) is -7.41. The van der Waals surface area contributed by atoms with Crippen molar-refractivity contribution < 1.29 is 57.3 Å². The van der Waals surface area contributed by atoms with Gasteiger partial charge in [0.2, 0.25) is 11.8 Å². The molecule has 0 bridgehead atoms. The number of nitrogens with two attached hydrogens (primary N) is 1. The molecule has 51 heavy (non-hydrogen) atoms. The number of nitrogens with one attached hydrogen (secondary N) is 3. The Bertz CT molecular complexity index is 1830. The van der Waals surface area contributed by atoms with Crippen LogP contribution < -0.4 is 40.6 Å². The highest BCUT2D eigenvalue weighted by Gasteiger charge is 2.29. The quantitative estimate of drug-likeness (QED) is 0.101. The van der Waals surface area contributed by atoms with E-state index >= 15 is 0 Å². The molecule has 2 atom stereocenters. The lowest BCUT2D eigenvalue weighted by Crippen LogP contribution is -2.50. The number of para-hydroxylation sites is 2. The van der Waals surface area contributed by atoms with Crippen LogP contribution in [0.1, 0.15) is 72.9 Å². The smallest absolute Gasteiger partial charge is 0.308 e. The number of amides is 4. The number of hydrogen-bond donors (Lipinski definition) is 4. The second-order valence-corrected chi connectivity index (χ2v) is 10.8. The van der Waals surface area contributed by atoms with E-state index in [1.807, 2.05) is 0 Å². The minimum absolute atomic E-state index is 0.0630. The van der Waals surface area contributed by atoms with E-state index in [-0.39, 0.29) is 53.5 Å². The van der Waals surface area contributed by atoms with E-state index in [0.717, 1.165) is 27.7 Å². The van der Waals surface area contributed by atoms with E-state index in [1.54, 1.807) is 30.3 Å². The molecule has 3 aromatic rings. The second-order valence-electron chi connectivity index (χ2n) is 10.8. The second kappa shape index (κ2) is 18.3. The summed E-state index contributed by atoms with van der Waals surface area (Å²) in [6, 6.07) is 13.5. The molecule has 0 aromatic heterocycles. The molecule has 4 amide bonds. The first kappa shape index (κ1) is 38.9. The van der Waals surface area contributed by atoms with Gasteiger partial charge in [-0.2, -0.15) is 0 Å². The first-order chi connectivity index (χ1) is 24.2. The summed E-state index contributed by atoms with van der Waals surface area (Å²) in [5, 5.41) is 7.70. The van der Waals surface area contributed by atoms with E-state index in [2.05, 4.69) is 16.0 Å². The molecule has 0 aliphatic rings. The van der Waals surface area contributed by atoms with Gasteiger partial charge in [-0.25, -0.2) is 0 Å². The average molecular weight is 705 g/mol. The van der Waals surface area contributed by atoms with Crippen LogP contribution in [0.5, 0.6) is 23.0 Å². The van der Waals surface area contributed by atoms with Crippen LogP contribution in [0, 0.1) is 0 Å². The summed E-state index contributed by atoms with van der Waals surface area (Å²) >= 11 is 0. The normalized spacial score (nSPS) is 11.5. The van der Waals surface area contributed by atoms with Crippen molar-refractivity contribution in [2.75, 3.05) is 6.54 Å². The van der Waals surface area contributed by atoms with Gasteiger partial charge in [0.05, 0.1) is 11.1 Å². The van der Waals surface area contributed by atoms with Gasteiger partial charge in [-0.1, -0.05) is 42.5 Å². The van der Waals surface area contributed by atoms with Crippen molar-refractivity contribution in [2.24, 2.45) is 5.73 Å². The van der Waals surface area contributed by atoms with Crippen LogP contribution in [-0.4, -0.2) is 60.1 Å². The van der Waals surface area contributed by atoms with Crippen LogP contribution in [0.4, 0.5) is 0 Å². The SMILES string of the molecule is CC(=O)Oc1cccc(C(=O)NCCCC(NC(=O)c2cccc(OC(C)=O)c2OC(C)=O)C(=O)NC(C(N)=O)c2ccccc2)c1OC(C)=O. The molecule has 0 saturated heterocycles. The van der Waals surface area contributed by atoms with Gasteiger partial charge in [-0.05, 0) is 42.7 Å². The Labute approximate surface area is 291 Å². The van der Waals surface area contributed by atoms with Gasteiger partial charge in [-0.15, -0.1) is 0 Å². The first-order valence-corrected chi connectivity index (χ1v) is 15.4. The number of ether oxygens (including phenoxy) is 4. The lowest BCUT2D eigenvalue weighted by molar-refractivity contribution is -0.134. The number of rotatable bonds is 15. The maximum atomic E-state index is 13.6. The third-order valence-electron chi connectivity index (χ3n) is 6.73. The van der Waals surface area contributed by atoms with Crippen molar-refractivity contribution in [2.45, 2.75) is 52.6 Å². The zero-order valence-electron chi connectivity index (χ0n) is 28.1. The third-order valence-corrected chi connectivity index (χ3v) is 6.73. The van der Waals surface area contributed by atoms with E-state index in [4.69, 9.17) is 24.7 Å². The largest absolute Gasteiger partial charge is 0.423 e. The molecule has 0 aliphatic heterocycles. The Balaban J connectivity index is 1.87. The Kier molecular flexibility index (Phi) is 13.9. The van der Waals surface area contributed by atoms with Crippen molar-refractivity contribution in [1.82, 2.24) is 16.0 Å². The molecule has 16 nitrogen and oxygen atoms in total. The van der Waals surface area contributed by atoms with E-state index in [9.17, 15) is 38.4 Å². The van der Waals surface area contributed by atoms with Crippen LogP contribution in [-0.2, 0) is 28.8 Å². The molecule has 0 fully saturated rings. The van der Waals surface area contributed by atoms with Gasteiger partial charge < -0.3 is 40.6 Å². The fraction of sp³-hybridized carbons (Fsp3) is 0.257. The highest BCUT2D eigenvalue weighted by atomic mass is 16.6. The van der Waals surface area contributed by atoms with Crippen molar-refractivity contribution in [3.05, 3.63) is 83.4 Å². The molecule has 268 valence electrons. The number of carbonyl (C=O) groups is 8. The van der Waals surface area contributed by atoms with Crippen molar-refractivity contribution in [1.29, 1.82) is 0 Å². The van der Waals surface area contributed by atoms with Crippen molar-refractivity contribution in [3.8, 4) is 23.0 Å². The number of benzene rings is 3. The first-order valence-electron chi connectivity index (χ1n) is 15.4. The van der Waals surface area contributed by atoms with E-state index in [1.165, 1.54) is 36.4 Å². The summed E-state index contributed by atoms with van der Waals surface area (Å²) in [6.07, 6.45) is -0.0531. The average Bonchev–Trinajstić information content (AvgIpc) is 3.05. The minimum Gasteiger partial charge on any atom is -0.423 e. The van der Waals surface area contributed by atoms with Gasteiger partial charge in [-0.3, -0.25) is 38.4 Å². The fourth-order valence-corrected chi connectivity index (χ4v) is 4.67. The maximum absolute atomic E-state index is 13.6. The lowest BCUT2D eigenvalue weighted by atomic mass is 10.0. The molecule has 16 heteroatoms. The maximum Gasteiger partial charge on any atom is 0.308 e. The molecule has 0 heterocycles. The number of esters is 4. The molecule has 2 unspecified atom stereocenters. The Morgan fingerprint density at radius 1 is 0.608 bits per heavy atom. The number of carbonyl (C=O) groups excluding carboxylic acids is 8. The Morgan fingerprint density at radius 2 is 1.10 bits per heavy atom. The Hall–Kier alpha value is -6.58. The molecule has 0 aliphatic carbocycles. The van der Waals surface area contributed by atoms with Gasteiger partial charge in [0.25, 0.3) is 11.8 Å². The van der Waals surface area contributed by atoms with Gasteiger partial charge >= 0.3 is 23.9 Å². The monoisotopic (exact) mass is 704 g/mol. The topological polar surface area (TPSA) is 236 Å². The summed E-state index contributed by atoms with van der Waals surface area (Å²) in [7, 11) is 0. The zero-order valence-corrected chi connectivity index (χ0v) is 28.1. The standard InChI is InChI=1S/C35H36N4O12/c1-19(40)48-27-16-8-13-24(30(27)50-21(3)42)33(45)37-18-10-15-26(35(47)39-29(32(36)44)23-11-6-5-7-12-23)38-34(46)25-14-9-17-28(49-20(2)41)31(25)51-22(4)43/h5-9,11-14,16-17,26,29H,10,15,18H2,1-4H3,(H2,36,44)(H,37,45)(H,38,46)(H,39,47). The fourth-order valence-electron chi connectivity index (χ4n) is 4.67. The number of hydrogen-bond acceptors (Lipinski definition) is 12. The van der Waals surface area contributed by atoms with E-state index in [0.29, 0.717) is 5.56 Å². The zero-order chi connectivity index (χ0) is 37.7. The van der Waals surface area contributed by atoms with Crippen LogP contribution in [0.15, 0.2) is 66.7 Å². The minimum atomic E-state index is -1.36. The summed E-state index contributed by atoms with van der Waals surface area (Å²) in [6.45, 7) is 4.35. The molecular weight excluding hydrogens is 668 g/mol. The van der Waals surface area contributed by atoms with Crippen LogP contribution in [0.3, 0.4) is 0 Å². The number of primary amides is 1. The van der Waals surface area contributed by atoms with Gasteiger partial charge in [0, 0.05) is 34.2 Å². The lowest BCUT2D eigenvalue weighted by Gasteiger charge is -2.23. The molecule has 3 rings (SSSR count). The molecule has 0 spiro atoms. The molecule has 0 radical (unpaired) electrons. The third kappa shape index (κ3) is 11.5. The van der Waals surface area contributed by atoms with Crippen molar-refractivity contribution in [3.63, 3.8) is 0 Å². The summed E-state index contributed by atoms with van der Waals surface area (Å²) < 4.78 is 20.5. The Morgan fingerprint density at radius 3 is 1.57 bits per heavy atom. The van der Waals surface area contributed by atoms with Crippen molar-refractivity contribution >= 4 is 47.5 Å². The van der Waals surface area contributed by atoms with Crippen LogP contribution >= 0.6 is 0 Å². The van der Waals surface area contributed by atoms with Gasteiger partial charge in [0.15, 0.2) is 23.0 Å². The summed E-state index contributed by atoms with van der Waals surface area (Å²) in [5.41, 5.74) is 5.59. The molecule has 0 saturated carbocycles.